The maximum atomic E-state index is 12.6. The highest BCUT2D eigenvalue weighted by Gasteiger charge is 2.42. The molecule has 0 N–H and O–H groups in total. The predicted molar refractivity (Wildman–Crippen MR) is 104 cm³/mol. The van der Waals surface area contributed by atoms with Crippen LogP contribution in [0.15, 0.2) is 28.7 Å². The van der Waals surface area contributed by atoms with E-state index in [1.807, 2.05) is 24.3 Å². The molecule has 2 saturated heterocycles. The number of carbonyl (C=O) groups is 2. The molecule has 9 heteroatoms. The SMILES string of the molecule is CN(CCOc1ccc(Br)cc1)C(=O)C1CC(=O)N(C2CCS(=O)(=O)C2)C1. The fraction of sp³-hybridized carbons (Fsp3) is 0.556. The average Bonchev–Trinajstić information content (AvgIpc) is 3.18. The molecule has 2 heterocycles. The molecule has 0 bridgehead atoms. The smallest absolute Gasteiger partial charge is 0.227 e. The molecule has 0 radical (unpaired) electrons. The molecular weight excluding hydrogens is 436 g/mol. The first-order chi connectivity index (χ1) is 12.7. The lowest BCUT2D eigenvalue weighted by Crippen LogP contribution is -2.40. The Bertz CT molecular complexity index is 812. The van der Waals surface area contributed by atoms with Gasteiger partial charge in [0, 0.05) is 30.5 Å². The topological polar surface area (TPSA) is 84.0 Å². The Morgan fingerprint density at radius 1 is 1.33 bits per heavy atom. The number of halogens is 1. The minimum atomic E-state index is -3.06. The Balaban J connectivity index is 1.48. The predicted octanol–water partition coefficient (Wildman–Crippen LogP) is 1.32. The molecule has 3 rings (SSSR count). The first-order valence-electron chi connectivity index (χ1n) is 8.88. The van der Waals surface area contributed by atoms with Crippen LogP contribution in [0.25, 0.3) is 0 Å². The summed E-state index contributed by atoms with van der Waals surface area (Å²) in [6.45, 7) is 1.07. The first-order valence-corrected chi connectivity index (χ1v) is 11.5. The third-order valence-corrected chi connectivity index (χ3v) is 7.32. The van der Waals surface area contributed by atoms with Crippen LogP contribution in [0.5, 0.6) is 5.75 Å². The molecule has 0 aromatic heterocycles. The van der Waals surface area contributed by atoms with E-state index in [9.17, 15) is 18.0 Å². The monoisotopic (exact) mass is 458 g/mol. The fourth-order valence-corrected chi connectivity index (χ4v) is 5.52. The summed E-state index contributed by atoms with van der Waals surface area (Å²) in [4.78, 5) is 28.1. The van der Waals surface area contributed by atoms with Gasteiger partial charge in [0.2, 0.25) is 11.8 Å². The van der Waals surface area contributed by atoms with Gasteiger partial charge < -0.3 is 14.5 Å². The van der Waals surface area contributed by atoms with Crippen LogP contribution in [0.4, 0.5) is 0 Å². The van der Waals surface area contributed by atoms with E-state index >= 15 is 0 Å². The van der Waals surface area contributed by atoms with Gasteiger partial charge in [-0.25, -0.2) is 8.42 Å². The molecule has 1 aromatic carbocycles. The highest BCUT2D eigenvalue weighted by atomic mass is 79.9. The first kappa shape index (κ1) is 20.1. The second kappa shape index (κ2) is 8.18. The van der Waals surface area contributed by atoms with Crippen molar-refractivity contribution in [2.24, 2.45) is 5.92 Å². The van der Waals surface area contributed by atoms with Crippen LogP contribution in [0.1, 0.15) is 12.8 Å². The van der Waals surface area contributed by atoms with Gasteiger partial charge in [-0.15, -0.1) is 0 Å². The van der Waals surface area contributed by atoms with Crippen LogP contribution < -0.4 is 4.74 Å². The molecule has 148 valence electrons. The van der Waals surface area contributed by atoms with Crippen LogP contribution in [0, 0.1) is 5.92 Å². The molecule has 2 atom stereocenters. The third kappa shape index (κ3) is 5.01. The van der Waals surface area contributed by atoms with Crippen molar-refractivity contribution in [3.05, 3.63) is 28.7 Å². The van der Waals surface area contributed by atoms with Crippen molar-refractivity contribution < 1.29 is 22.7 Å². The highest BCUT2D eigenvalue weighted by molar-refractivity contribution is 9.10. The molecule has 27 heavy (non-hydrogen) atoms. The average molecular weight is 459 g/mol. The van der Waals surface area contributed by atoms with E-state index in [0.29, 0.717) is 26.1 Å². The van der Waals surface area contributed by atoms with E-state index in [0.717, 1.165) is 10.2 Å². The quantitative estimate of drug-likeness (QED) is 0.641. The number of ether oxygens (including phenoxy) is 1. The van der Waals surface area contributed by atoms with Gasteiger partial charge in [-0.2, -0.15) is 0 Å². The van der Waals surface area contributed by atoms with Gasteiger partial charge in [-0.3, -0.25) is 9.59 Å². The van der Waals surface area contributed by atoms with E-state index < -0.39 is 15.8 Å². The van der Waals surface area contributed by atoms with E-state index in [2.05, 4.69) is 15.9 Å². The summed E-state index contributed by atoms with van der Waals surface area (Å²) in [7, 11) is -1.37. The number of benzene rings is 1. The van der Waals surface area contributed by atoms with Crippen LogP contribution in [0.2, 0.25) is 0 Å². The van der Waals surface area contributed by atoms with Gasteiger partial charge in [0.1, 0.15) is 12.4 Å². The second-order valence-corrected chi connectivity index (χ2v) is 10.2. The molecule has 7 nitrogen and oxygen atoms in total. The normalized spacial score (nSPS) is 24.2. The van der Waals surface area contributed by atoms with E-state index in [1.54, 1.807) is 16.8 Å². The Hall–Kier alpha value is -1.61. The zero-order chi connectivity index (χ0) is 19.6. The maximum absolute atomic E-state index is 12.6. The van der Waals surface area contributed by atoms with Crippen molar-refractivity contribution in [1.29, 1.82) is 0 Å². The van der Waals surface area contributed by atoms with Crippen LogP contribution in [-0.4, -0.2) is 74.3 Å². The molecule has 0 saturated carbocycles. The summed E-state index contributed by atoms with van der Waals surface area (Å²) in [5.41, 5.74) is 0. The summed E-state index contributed by atoms with van der Waals surface area (Å²) in [5, 5.41) is 0. The summed E-state index contributed by atoms with van der Waals surface area (Å²) >= 11 is 3.36. The zero-order valence-corrected chi connectivity index (χ0v) is 17.5. The van der Waals surface area contributed by atoms with Gasteiger partial charge in [0.05, 0.1) is 24.0 Å². The van der Waals surface area contributed by atoms with Crippen LogP contribution in [0.3, 0.4) is 0 Å². The zero-order valence-electron chi connectivity index (χ0n) is 15.1. The van der Waals surface area contributed by atoms with Gasteiger partial charge in [0.15, 0.2) is 9.84 Å². The largest absolute Gasteiger partial charge is 0.492 e. The molecule has 2 fully saturated rings. The Morgan fingerprint density at radius 3 is 2.67 bits per heavy atom. The Labute approximate surface area is 167 Å². The molecule has 2 aliphatic heterocycles. The van der Waals surface area contributed by atoms with Crippen molar-refractivity contribution >= 4 is 37.6 Å². The van der Waals surface area contributed by atoms with Gasteiger partial charge in [-0.05, 0) is 30.7 Å². The third-order valence-electron chi connectivity index (χ3n) is 5.04. The molecule has 0 aliphatic carbocycles. The van der Waals surface area contributed by atoms with Gasteiger partial charge >= 0.3 is 0 Å². The fourth-order valence-electron chi connectivity index (χ4n) is 3.52. The van der Waals surface area contributed by atoms with Crippen LogP contribution in [-0.2, 0) is 19.4 Å². The number of rotatable bonds is 6. The number of hydrogen-bond donors (Lipinski definition) is 0. The molecule has 2 aliphatic rings. The standard InChI is InChI=1S/C18H23BrN2O5S/c1-20(7-8-26-16-4-2-14(19)3-5-16)18(23)13-10-17(22)21(11-13)15-6-9-27(24,25)12-15/h2-5,13,15H,6-12H2,1H3. The van der Waals surface area contributed by atoms with E-state index in [1.165, 1.54) is 0 Å². The lowest BCUT2D eigenvalue weighted by Gasteiger charge is -2.24. The van der Waals surface area contributed by atoms with Crippen LogP contribution >= 0.6 is 15.9 Å². The summed E-state index contributed by atoms with van der Waals surface area (Å²) in [6.07, 6.45) is 0.610. The lowest BCUT2D eigenvalue weighted by molar-refractivity contribution is -0.135. The number of hydrogen-bond acceptors (Lipinski definition) is 5. The molecule has 0 spiro atoms. The van der Waals surface area contributed by atoms with Gasteiger partial charge in [-0.1, -0.05) is 15.9 Å². The Morgan fingerprint density at radius 2 is 2.04 bits per heavy atom. The molecular formula is C18H23BrN2O5S. The molecule has 2 amide bonds. The lowest BCUT2D eigenvalue weighted by atomic mass is 10.1. The minimum absolute atomic E-state index is 0.0104. The van der Waals surface area contributed by atoms with E-state index in [-0.39, 0.29) is 35.8 Å². The number of likely N-dealkylation sites (tertiary alicyclic amines) is 1. The molecule has 1 aromatic rings. The Kier molecular flexibility index (Phi) is 6.10. The summed E-state index contributed by atoms with van der Waals surface area (Å²) in [5.74, 6) is 0.201. The number of sulfone groups is 1. The summed E-state index contributed by atoms with van der Waals surface area (Å²) in [6, 6.07) is 7.16. The second-order valence-electron chi connectivity index (χ2n) is 7.07. The molecule has 2 unspecified atom stereocenters. The number of nitrogens with zero attached hydrogens (tertiary/aromatic N) is 2. The van der Waals surface area contributed by atoms with Gasteiger partial charge in [0.25, 0.3) is 0 Å². The number of likely N-dealkylation sites (N-methyl/N-ethyl adjacent to an activating group) is 1. The highest BCUT2D eigenvalue weighted by Crippen LogP contribution is 2.27. The van der Waals surface area contributed by atoms with E-state index in [4.69, 9.17) is 4.74 Å². The van der Waals surface area contributed by atoms with Crippen molar-refractivity contribution in [2.45, 2.75) is 18.9 Å². The number of carbonyl (C=O) groups excluding carboxylic acids is 2. The van der Waals surface area contributed by atoms with Crippen molar-refractivity contribution in [1.82, 2.24) is 9.80 Å². The minimum Gasteiger partial charge on any atom is -0.492 e. The van der Waals surface area contributed by atoms with Crippen molar-refractivity contribution in [2.75, 3.05) is 38.2 Å². The summed E-state index contributed by atoms with van der Waals surface area (Å²) < 4.78 is 29.9. The number of amides is 2. The van der Waals surface area contributed by atoms with Crippen molar-refractivity contribution in [3.8, 4) is 5.75 Å². The maximum Gasteiger partial charge on any atom is 0.227 e. The van der Waals surface area contributed by atoms with Crippen molar-refractivity contribution in [3.63, 3.8) is 0 Å².